The van der Waals surface area contributed by atoms with Crippen LogP contribution in [-0.4, -0.2) is 27.9 Å². The molecule has 5 rings (SSSR count). The Bertz CT molecular complexity index is 1610. The fraction of sp³-hybridized carbons (Fsp3) is 0.0769. The molecule has 1 amide bonds. The van der Waals surface area contributed by atoms with E-state index in [0.717, 1.165) is 0 Å². The zero-order valence-corrected chi connectivity index (χ0v) is 20.2. The Hall–Kier alpha value is -4.83. The van der Waals surface area contributed by atoms with Gasteiger partial charge in [-0.3, -0.25) is 10.1 Å². The lowest BCUT2D eigenvalue weighted by atomic mass is 9.95. The highest BCUT2D eigenvalue weighted by atomic mass is 35.5. The van der Waals surface area contributed by atoms with Gasteiger partial charge in [0.25, 0.3) is 5.91 Å². The monoisotopic (exact) mass is 516 g/mol. The molecule has 1 aliphatic heterocycles. The zero-order chi connectivity index (χ0) is 26.1. The second-order valence-electron chi connectivity index (χ2n) is 8.28. The highest BCUT2D eigenvalue weighted by Crippen LogP contribution is 2.35. The number of benzene rings is 3. The van der Waals surface area contributed by atoms with Crippen molar-refractivity contribution in [2.75, 3.05) is 16.4 Å². The van der Waals surface area contributed by atoms with E-state index in [9.17, 15) is 14.7 Å². The minimum Gasteiger partial charge on any atom is -0.478 e. The number of nitrogens with one attached hydrogen (secondary N) is 3. The number of aromatic nitrogens is 1. The van der Waals surface area contributed by atoms with Crippen LogP contribution in [0.25, 0.3) is 11.1 Å². The SMILES string of the molecule is CC1=C(C(=O)Nc2cccc(C(=O)O)c2)C(c2ccccc2Cl)N=C(Nc2nc3cc(N)ccc3o2)N1. The molecule has 37 heavy (non-hydrogen) atoms. The Labute approximate surface area is 215 Å². The number of carbonyl (C=O) groups is 2. The first kappa shape index (κ1) is 23.9. The molecule has 0 aliphatic carbocycles. The maximum absolute atomic E-state index is 13.4. The number of carbonyl (C=O) groups excluding carboxylic acids is 1. The van der Waals surface area contributed by atoms with Crippen LogP contribution in [0.3, 0.4) is 0 Å². The molecule has 0 fully saturated rings. The van der Waals surface area contributed by atoms with Crippen LogP contribution in [0, 0.1) is 0 Å². The third kappa shape index (κ3) is 4.95. The van der Waals surface area contributed by atoms with E-state index in [2.05, 4.69) is 20.9 Å². The predicted molar refractivity (Wildman–Crippen MR) is 142 cm³/mol. The fourth-order valence-corrected chi connectivity index (χ4v) is 4.22. The number of rotatable bonds is 5. The summed E-state index contributed by atoms with van der Waals surface area (Å²) in [6.07, 6.45) is 0. The lowest BCUT2D eigenvalue weighted by Crippen LogP contribution is -2.37. The number of nitrogens with two attached hydrogens (primary N) is 1. The van der Waals surface area contributed by atoms with Gasteiger partial charge >= 0.3 is 12.0 Å². The van der Waals surface area contributed by atoms with Crippen molar-refractivity contribution in [3.8, 4) is 0 Å². The van der Waals surface area contributed by atoms with Gasteiger partial charge in [0.1, 0.15) is 11.6 Å². The number of amides is 1. The molecule has 1 unspecified atom stereocenters. The summed E-state index contributed by atoms with van der Waals surface area (Å²) in [5, 5.41) is 18.6. The number of nitrogen functional groups attached to an aromatic ring is 1. The molecule has 1 atom stereocenters. The van der Waals surface area contributed by atoms with Crippen LogP contribution in [-0.2, 0) is 4.79 Å². The van der Waals surface area contributed by atoms with E-state index in [-0.39, 0.29) is 11.6 Å². The van der Waals surface area contributed by atoms with Crippen LogP contribution < -0.4 is 21.7 Å². The number of oxazole rings is 1. The first-order valence-electron chi connectivity index (χ1n) is 11.2. The number of anilines is 3. The normalized spacial score (nSPS) is 15.2. The molecule has 3 aromatic carbocycles. The fourth-order valence-electron chi connectivity index (χ4n) is 3.98. The van der Waals surface area contributed by atoms with Gasteiger partial charge in [-0.1, -0.05) is 35.9 Å². The largest absolute Gasteiger partial charge is 0.478 e. The molecule has 6 N–H and O–H groups in total. The summed E-state index contributed by atoms with van der Waals surface area (Å²) < 4.78 is 5.74. The molecule has 4 aromatic rings. The third-order valence-corrected chi connectivity index (χ3v) is 6.03. The van der Waals surface area contributed by atoms with Gasteiger partial charge in [0, 0.05) is 27.7 Å². The molecular formula is C26H21ClN6O4. The van der Waals surface area contributed by atoms with Gasteiger partial charge in [-0.15, -0.1) is 0 Å². The van der Waals surface area contributed by atoms with Gasteiger partial charge in [-0.25, -0.2) is 9.79 Å². The lowest BCUT2D eigenvalue weighted by Gasteiger charge is -2.27. The Kier molecular flexibility index (Phi) is 6.24. The second kappa shape index (κ2) is 9.67. The number of guanidine groups is 1. The molecule has 11 heteroatoms. The molecule has 0 bridgehead atoms. The average molecular weight is 517 g/mol. The summed E-state index contributed by atoms with van der Waals surface area (Å²) in [6.45, 7) is 1.73. The molecular weight excluding hydrogens is 496 g/mol. The summed E-state index contributed by atoms with van der Waals surface area (Å²) in [4.78, 5) is 33.9. The van der Waals surface area contributed by atoms with Crippen molar-refractivity contribution in [1.29, 1.82) is 0 Å². The standard InChI is InChI=1S/C26H21ClN6O4/c1-13-21(23(34)30-16-6-4-5-14(11-16)24(35)36)22(17-7-2-3-8-18(17)27)32-25(29-13)33-26-31-19-12-15(28)9-10-20(19)37-26/h2-12,22H,28H2,1H3,(H,30,34)(H,35,36)(H2,29,31,32,33). The van der Waals surface area contributed by atoms with E-state index in [1.807, 2.05) is 0 Å². The molecule has 0 radical (unpaired) electrons. The van der Waals surface area contributed by atoms with Crippen LogP contribution in [0.15, 0.2) is 87.4 Å². The molecule has 1 aromatic heterocycles. The van der Waals surface area contributed by atoms with Crippen LogP contribution in [0.1, 0.15) is 28.9 Å². The maximum Gasteiger partial charge on any atom is 0.335 e. The Morgan fingerprint density at radius 1 is 1.11 bits per heavy atom. The molecule has 0 saturated heterocycles. The average Bonchev–Trinajstić information content (AvgIpc) is 3.25. The zero-order valence-electron chi connectivity index (χ0n) is 19.4. The maximum atomic E-state index is 13.4. The number of carboxylic acid groups (broad SMARTS) is 1. The molecule has 1 aliphatic rings. The minimum absolute atomic E-state index is 0.0533. The van der Waals surface area contributed by atoms with Gasteiger partial charge in [0.2, 0.25) is 5.96 Å². The Morgan fingerprint density at radius 3 is 2.70 bits per heavy atom. The van der Waals surface area contributed by atoms with E-state index < -0.39 is 17.9 Å². The highest BCUT2D eigenvalue weighted by molar-refractivity contribution is 6.31. The van der Waals surface area contributed by atoms with Gasteiger partial charge in [0.05, 0.1) is 11.1 Å². The number of hydrogen-bond acceptors (Lipinski definition) is 8. The van der Waals surface area contributed by atoms with E-state index in [4.69, 9.17) is 26.7 Å². The van der Waals surface area contributed by atoms with E-state index >= 15 is 0 Å². The topological polar surface area (TPSA) is 155 Å². The summed E-state index contributed by atoms with van der Waals surface area (Å²) in [6, 6.07) is 17.6. The van der Waals surface area contributed by atoms with Crippen molar-refractivity contribution >= 4 is 57.9 Å². The van der Waals surface area contributed by atoms with Gasteiger partial charge in [-0.05, 0) is 49.4 Å². The smallest absolute Gasteiger partial charge is 0.335 e. The number of carboxylic acids is 1. The molecule has 2 heterocycles. The number of aromatic carboxylic acids is 1. The molecule has 10 nitrogen and oxygen atoms in total. The van der Waals surface area contributed by atoms with Gasteiger partial charge in [0.15, 0.2) is 5.58 Å². The molecule has 186 valence electrons. The van der Waals surface area contributed by atoms with Crippen LogP contribution >= 0.6 is 11.6 Å². The number of allylic oxidation sites excluding steroid dienone is 1. The highest BCUT2D eigenvalue weighted by Gasteiger charge is 2.31. The summed E-state index contributed by atoms with van der Waals surface area (Å²) in [5.41, 5.74) is 9.33. The van der Waals surface area contributed by atoms with Crippen LogP contribution in [0.5, 0.6) is 0 Å². The van der Waals surface area contributed by atoms with Crippen molar-refractivity contribution in [2.24, 2.45) is 4.99 Å². The molecule has 0 spiro atoms. The second-order valence-corrected chi connectivity index (χ2v) is 8.68. The summed E-state index contributed by atoms with van der Waals surface area (Å²) >= 11 is 6.49. The molecule has 0 saturated carbocycles. The van der Waals surface area contributed by atoms with Crippen LogP contribution in [0.2, 0.25) is 5.02 Å². The Balaban J connectivity index is 1.48. The minimum atomic E-state index is -1.10. The first-order valence-corrected chi connectivity index (χ1v) is 11.5. The number of halogens is 1. The lowest BCUT2D eigenvalue weighted by molar-refractivity contribution is -0.113. The Morgan fingerprint density at radius 2 is 1.92 bits per heavy atom. The van der Waals surface area contributed by atoms with Gasteiger partial charge < -0.3 is 25.9 Å². The van der Waals surface area contributed by atoms with Crippen molar-refractivity contribution < 1.29 is 19.1 Å². The van der Waals surface area contributed by atoms with E-state index in [1.165, 1.54) is 12.1 Å². The van der Waals surface area contributed by atoms with Crippen molar-refractivity contribution in [3.05, 3.63) is 94.1 Å². The first-order chi connectivity index (χ1) is 17.8. The van der Waals surface area contributed by atoms with E-state index in [0.29, 0.717) is 50.3 Å². The number of fused-ring (bicyclic) bond motifs is 1. The summed E-state index contributed by atoms with van der Waals surface area (Å²) in [7, 11) is 0. The van der Waals surface area contributed by atoms with E-state index in [1.54, 1.807) is 61.5 Å². The van der Waals surface area contributed by atoms with Gasteiger partial charge in [-0.2, -0.15) is 4.98 Å². The van der Waals surface area contributed by atoms with Crippen molar-refractivity contribution in [2.45, 2.75) is 13.0 Å². The summed E-state index contributed by atoms with van der Waals surface area (Å²) in [5.74, 6) is -1.26. The quantitative estimate of drug-likeness (QED) is 0.237. The number of hydrogen-bond donors (Lipinski definition) is 5. The van der Waals surface area contributed by atoms with Crippen LogP contribution in [0.4, 0.5) is 17.4 Å². The predicted octanol–water partition coefficient (Wildman–Crippen LogP) is 4.79. The van der Waals surface area contributed by atoms with Crippen molar-refractivity contribution in [1.82, 2.24) is 10.3 Å². The number of nitrogens with zero attached hydrogens (tertiary/aromatic N) is 2. The number of aliphatic imine (C=N–C) groups is 1. The van der Waals surface area contributed by atoms with Crippen molar-refractivity contribution in [3.63, 3.8) is 0 Å². The third-order valence-electron chi connectivity index (χ3n) is 5.69.